The average Bonchev–Trinajstić information content (AvgIpc) is 2.72. The molecule has 166 valence electrons. The van der Waals surface area contributed by atoms with Crippen molar-refractivity contribution >= 4 is 0 Å². The van der Waals surface area contributed by atoms with Gasteiger partial charge in [0.1, 0.15) is 0 Å². The quantitative estimate of drug-likeness (QED) is 0.161. The molecule has 28 heavy (non-hydrogen) atoms. The number of rotatable bonds is 22. The molecule has 0 spiro atoms. The molecule has 0 aromatic rings. The lowest BCUT2D eigenvalue weighted by atomic mass is 9.88. The number of hydrogen-bond acceptors (Lipinski definition) is 0. The molecule has 0 aromatic carbocycles. The Hall–Kier alpha value is -0.260. The Morgan fingerprint density at radius 3 is 1.46 bits per heavy atom. The second kappa shape index (κ2) is 23.0. The van der Waals surface area contributed by atoms with Crippen LogP contribution >= 0.6 is 0 Å². The van der Waals surface area contributed by atoms with E-state index in [1.54, 1.807) is 0 Å². The Morgan fingerprint density at radius 1 is 0.571 bits per heavy atom. The molecular formula is C28H54. The lowest BCUT2D eigenvalue weighted by Gasteiger charge is -2.18. The van der Waals surface area contributed by atoms with Gasteiger partial charge in [-0.3, -0.25) is 0 Å². The largest absolute Gasteiger partial charge is 0.0885 e. The van der Waals surface area contributed by atoms with Crippen molar-refractivity contribution in [3.8, 4) is 0 Å². The molecule has 0 aromatic heterocycles. The SMILES string of the molecule is [CH2]C=CCCCCCCCCCCCC(CC)CCCC(CC)CCCC[CH2]. The van der Waals surface area contributed by atoms with Crippen LogP contribution in [0.1, 0.15) is 142 Å². The maximum Gasteiger partial charge on any atom is -0.0316 e. The van der Waals surface area contributed by atoms with E-state index >= 15 is 0 Å². The molecule has 2 atom stereocenters. The molecule has 0 bridgehead atoms. The smallest absolute Gasteiger partial charge is 0.0316 e. The lowest BCUT2D eigenvalue weighted by Crippen LogP contribution is -2.03. The van der Waals surface area contributed by atoms with Crippen molar-refractivity contribution in [1.29, 1.82) is 0 Å². The van der Waals surface area contributed by atoms with Gasteiger partial charge in [0, 0.05) is 0 Å². The first-order valence-corrected chi connectivity index (χ1v) is 13.0. The van der Waals surface area contributed by atoms with Gasteiger partial charge in [-0.1, -0.05) is 148 Å². The summed E-state index contributed by atoms with van der Waals surface area (Å²) in [6.07, 6.45) is 32.2. The maximum absolute atomic E-state index is 3.97. The van der Waals surface area contributed by atoms with E-state index in [4.69, 9.17) is 0 Å². The van der Waals surface area contributed by atoms with Gasteiger partial charge in [0.05, 0.1) is 0 Å². The van der Waals surface area contributed by atoms with E-state index in [1.165, 1.54) is 122 Å². The van der Waals surface area contributed by atoms with Crippen molar-refractivity contribution in [2.45, 2.75) is 142 Å². The van der Waals surface area contributed by atoms with Crippen LogP contribution in [-0.2, 0) is 0 Å². The summed E-state index contributed by atoms with van der Waals surface area (Å²) in [6.45, 7) is 12.5. The van der Waals surface area contributed by atoms with Gasteiger partial charge in [-0.15, -0.1) is 0 Å². The van der Waals surface area contributed by atoms with E-state index in [2.05, 4.69) is 33.8 Å². The Bertz CT molecular complexity index is 303. The summed E-state index contributed by atoms with van der Waals surface area (Å²) < 4.78 is 0. The van der Waals surface area contributed by atoms with E-state index in [0.717, 1.165) is 18.3 Å². The van der Waals surface area contributed by atoms with Crippen molar-refractivity contribution in [3.05, 3.63) is 26.0 Å². The van der Waals surface area contributed by atoms with E-state index in [0.29, 0.717) is 0 Å². The fourth-order valence-corrected chi connectivity index (χ4v) is 4.46. The van der Waals surface area contributed by atoms with Crippen molar-refractivity contribution in [2.24, 2.45) is 11.8 Å². The minimum absolute atomic E-state index is 0.976. The molecule has 0 nitrogen and oxygen atoms in total. The van der Waals surface area contributed by atoms with Crippen LogP contribution in [0.4, 0.5) is 0 Å². The molecule has 0 aliphatic rings. The molecule has 0 rings (SSSR count). The summed E-state index contributed by atoms with van der Waals surface area (Å²) in [7, 11) is 0. The number of hydrogen-bond donors (Lipinski definition) is 0. The monoisotopic (exact) mass is 390 g/mol. The van der Waals surface area contributed by atoms with Crippen LogP contribution in [0.15, 0.2) is 12.2 Å². The van der Waals surface area contributed by atoms with E-state index in [1.807, 2.05) is 6.08 Å². The first-order valence-electron chi connectivity index (χ1n) is 13.0. The minimum Gasteiger partial charge on any atom is -0.0885 e. The van der Waals surface area contributed by atoms with E-state index in [9.17, 15) is 0 Å². The molecule has 0 N–H and O–H groups in total. The summed E-state index contributed by atoms with van der Waals surface area (Å²) in [6, 6.07) is 0. The van der Waals surface area contributed by atoms with Gasteiger partial charge in [0.25, 0.3) is 0 Å². The summed E-state index contributed by atoms with van der Waals surface area (Å²) in [5.74, 6) is 1.97. The highest BCUT2D eigenvalue weighted by Crippen LogP contribution is 2.25. The van der Waals surface area contributed by atoms with E-state index in [-0.39, 0.29) is 0 Å². The fraction of sp³-hybridized carbons (Fsp3) is 0.857. The standard InChI is InChI=1S/C28H54/c1-5-9-11-12-13-14-15-16-17-18-19-21-24-28(8-4)26-22-25-27(7-3)23-20-10-6-2/h5,9,27-28H,1-2,6-8,10-26H2,3-4H3. The zero-order valence-corrected chi connectivity index (χ0v) is 19.9. The van der Waals surface area contributed by atoms with Crippen molar-refractivity contribution in [3.63, 3.8) is 0 Å². The second-order valence-corrected chi connectivity index (χ2v) is 9.06. The summed E-state index contributed by atoms with van der Waals surface area (Å²) >= 11 is 0. The lowest BCUT2D eigenvalue weighted by molar-refractivity contribution is 0.352. The fourth-order valence-electron chi connectivity index (χ4n) is 4.46. The molecule has 0 heterocycles. The van der Waals surface area contributed by atoms with Gasteiger partial charge in [-0.25, -0.2) is 0 Å². The van der Waals surface area contributed by atoms with Crippen LogP contribution in [0, 0.1) is 25.7 Å². The van der Waals surface area contributed by atoms with Crippen molar-refractivity contribution in [2.75, 3.05) is 0 Å². The summed E-state index contributed by atoms with van der Waals surface area (Å²) in [5.41, 5.74) is 0. The van der Waals surface area contributed by atoms with Gasteiger partial charge in [0.2, 0.25) is 0 Å². The summed E-state index contributed by atoms with van der Waals surface area (Å²) in [5, 5.41) is 0. The average molecular weight is 391 g/mol. The molecular weight excluding hydrogens is 336 g/mol. The third-order valence-corrected chi connectivity index (χ3v) is 6.64. The molecule has 0 saturated heterocycles. The Morgan fingerprint density at radius 2 is 1.00 bits per heavy atom. The Balaban J connectivity index is 3.50. The first kappa shape index (κ1) is 27.7. The van der Waals surface area contributed by atoms with Crippen LogP contribution in [0.25, 0.3) is 0 Å². The normalized spacial score (nSPS) is 14.0. The molecule has 2 radical (unpaired) electrons. The predicted octanol–water partition coefficient (Wildman–Crippen LogP) is 10.3. The molecule has 0 amide bonds. The Kier molecular flexibility index (Phi) is 22.8. The van der Waals surface area contributed by atoms with Gasteiger partial charge in [-0.2, -0.15) is 0 Å². The van der Waals surface area contributed by atoms with E-state index < -0.39 is 0 Å². The highest BCUT2D eigenvalue weighted by Gasteiger charge is 2.10. The topological polar surface area (TPSA) is 0 Å². The third kappa shape index (κ3) is 19.1. The third-order valence-electron chi connectivity index (χ3n) is 6.64. The number of unbranched alkanes of at least 4 members (excludes halogenated alkanes) is 11. The summed E-state index contributed by atoms with van der Waals surface area (Å²) in [4.78, 5) is 0. The molecule has 0 aliphatic carbocycles. The van der Waals surface area contributed by atoms with Gasteiger partial charge >= 0.3 is 0 Å². The molecule has 2 unspecified atom stereocenters. The molecule has 0 saturated carbocycles. The first-order chi connectivity index (χ1) is 13.8. The minimum atomic E-state index is 0.976. The number of allylic oxidation sites excluding steroid dienone is 2. The van der Waals surface area contributed by atoms with Gasteiger partial charge in [0.15, 0.2) is 0 Å². The highest BCUT2D eigenvalue weighted by molar-refractivity contribution is 4.83. The second-order valence-electron chi connectivity index (χ2n) is 9.06. The molecule has 0 heteroatoms. The van der Waals surface area contributed by atoms with Crippen LogP contribution in [0.5, 0.6) is 0 Å². The van der Waals surface area contributed by atoms with Crippen molar-refractivity contribution in [1.82, 2.24) is 0 Å². The van der Waals surface area contributed by atoms with Crippen LogP contribution in [0.3, 0.4) is 0 Å². The van der Waals surface area contributed by atoms with Crippen LogP contribution in [-0.4, -0.2) is 0 Å². The van der Waals surface area contributed by atoms with Gasteiger partial charge in [-0.05, 0) is 31.6 Å². The molecule has 0 fully saturated rings. The highest BCUT2D eigenvalue weighted by atomic mass is 14.2. The van der Waals surface area contributed by atoms with Gasteiger partial charge < -0.3 is 0 Å². The van der Waals surface area contributed by atoms with Crippen LogP contribution in [0.2, 0.25) is 0 Å². The zero-order chi connectivity index (χ0) is 20.7. The predicted molar refractivity (Wildman–Crippen MR) is 131 cm³/mol. The van der Waals surface area contributed by atoms with Crippen molar-refractivity contribution < 1.29 is 0 Å². The molecule has 0 aliphatic heterocycles. The van der Waals surface area contributed by atoms with Crippen LogP contribution < -0.4 is 0 Å². The Labute approximate surface area is 180 Å². The zero-order valence-electron chi connectivity index (χ0n) is 19.9. The maximum atomic E-state index is 3.97.